The molecule has 0 aliphatic heterocycles. The van der Waals surface area contributed by atoms with Crippen molar-refractivity contribution >= 4 is 39.2 Å². The molecule has 1 aromatic carbocycles. The van der Waals surface area contributed by atoms with Gasteiger partial charge in [0.25, 0.3) is 5.91 Å². The second-order valence-electron chi connectivity index (χ2n) is 6.27. The summed E-state index contributed by atoms with van der Waals surface area (Å²) < 4.78 is 15.8. The van der Waals surface area contributed by atoms with Crippen LogP contribution in [-0.4, -0.2) is 42.2 Å². The van der Waals surface area contributed by atoms with Gasteiger partial charge in [-0.25, -0.2) is 14.8 Å². The average Bonchev–Trinajstić information content (AvgIpc) is 3.08. The summed E-state index contributed by atoms with van der Waals surface area (Å²) in [6.45, 7) is 4.15. The zero-order valence-electron chi connectivity index (χ0n) is 16.9. The number of ether oxygens (including phenoxy) is 3. The summed E-state index contributed by atoms with van der Waals surface area (Å²) in [4.78, 5) is 33.0. The zero-order valence-corrected chi connectivity index (χ0v) is 17.7. The van der Waals surface area contributed by atoms with E-state index in [0.717, 1.165) is 16.5 Å². The summed E-state index contributed by atoms with van der Waals surface area (Å²) in [6, 6.07) is 5.35. The van der Waals surface area contributed by atoms with Crippen LogP contribution in [-0.2, 0) is 16.1 Å². The van der Waals surface area contributed by atoms with Crippen molar-refractivity contribution in [3.63, 3.8) is 0 Å². The molecule has 30 heavy (non-hydrogen) atoms. The molecule has 0 fully saturated rings. The molecule has 0 saturated carbocycles. The number of thiophene rings is 1. The van der Waals surface area contributed by atoms with Gasteiger partial charge in [-0.3, -0.25) is 4.79 Å². The molecule has 0 aliphatic carbocycles. The number of hydrogen-bond donors (Lipinski definition) is 2. The summed E-state index contributed by atoms with van der Waals surface area (Å²) in [5, 5.41) is 4.07. The fourth-order valence-corrected chi connectivity index (χ4v) is 3.92. The molecule has 1 amide bonds. The van der Waals surface area contributed by atoms with E-state index in [-0.39, 0.29) is 12.6 Å². The third kappa shape index (κ3) is 4.60. The Morgan fingerprint density at radius 1 is 1.23 bits per heavy atom. The van der Waals surface area contributed by atoms with Crippen LogP contribution in [0.15, 0.2) is 24.5 Å². The summed E-state index contributed by atoms with van der Waals surface area (Å²) >= 11 is 1.28. The van der Waals surface area contributed by atoms with Crippen LogP contribution < -0.4 is 20.5 Å². The van der Waals surface area contributed by atoms with Crippen LogP contribution in [0, 0.1) is 6.92 Å². The molecule has 158 valence electrons. The van der Waals surface area contributed by atoms with E-state index in [9.17, 15) is 9.59 Å². The number of anilines is 1. The number of esters is 1. The number of fused-ring (bicyclic) bond motifs is 1. The number of nitrogens with one attached hydrogen (secondary N) is 1. The van der Waals surface area contributed by atoms with Crippen LogP contribution >= 0.6 is 11.3 Å². The lowest BCUT2D eigenvalue weighted by molar-refractivity contribution is -0.119. The Kier molecular flexibility index (Phi) is 6.68. The van der Waals surface area contributed by atoms with Gasteiger partial charge in [-0.05, 0) is 37.1 Å². The van der Waals surface area contributed by atoms with Gasteiger partial charge in [0.1, 0.15) is 21.9 Å². The van der Waals surface area contributed by atoms with Gasteiger partial charge >= 0.3 is 5.97 Å². The number of nitrogens with zero attached hydrogens (tertiary/aromatic N) is 2. The lowest BCUT2D eigenvalue weighted by Gasteiger charge is -2.12. The Hall–Kier alpha value is -3.40. The lowest BCUT2D eigenvalue weighted by atomic mass is 10.1. The Morgan fingerprint density at radius 3 is 2.73 bits per heavy atom. The largest absolute Gasteiger partial charge is 0.493 e. The number of amides is 1. The Bertz CT molecular complexity index is 1080. The first kappa shape index (κ1) is 21.3. The number of aromatic nitrogens is 2. The van der Waals surface area contributed by atoms with Crippen molar-refractivity contribution in [3.8, 4) is 11.5 Å². The first-order valence-corrected chi connectivity index (χ1v) is 9.99. The van der Waals surface area contributed by atoms with Gasteiger partial charge < -0.3 is 25.3 Å². The molecule has 3 N–H and O–H groups in total. The third-order valence-electron chi connectivity index (χ3n) is 4.25. The topological polar surface area (TPSA) is 126 Å². The lowest BCUT2D eigenvalue weighted by Crippen LogP contribution is -2.20. The molecule has 9 nitrogen and oxygen atoms in total. The molecule has 0 aliphatic rings. The number of aryl methyl sites for hydroxylation is 1. The molecule has 0 bridgehead atoms. The minimum atomic E-state index is -0.566. The predicted molar refractivity (Wildman–Crippen MR) is 113 cm³/mol. The van der Waals surface area contributed by atoms with Gasteiger partial charge in [-0.15, -0.1) is 11.3 Å². The normalized spacial score (nSPS) is 10.6. The minimum absolute atomic E-state index is 0.229. The molecule has 3 rings (SSSR count). The summed E-state index contributed by atoms with van der Waals surface area (Å²) in [5.41, 5.74) is 6.80. The Morgan fingerprint density at radius 2 is 2.03 bits per heavy atom. The smallest absolute Gasteiger partial charge is 0.348 e. The van der Waals surface area contributed by atoms with Crippen molar-refractivity contribution in [2.75, 3.05) is 25.6 Å². The number of hydrogen-bond acceptors (Lipinski definition) is 9. The van der Waals surface area contributed by atoms with Gasteiger partial charge in [0.05, 0.1) is 19.1 Å². The van der Waals surface area contributed by atoms with Crippen LogP contribution in [0.2, 0.25) is 0 Å². The van der Waals surface area contributed by atoms with Crippen molar-refractivity contribution in [2.45, 2.75) is 20.4 Å². The monoisotopic (exact) mass is 430 g/mol. The van der Waals surface area contributed by atoms with Crippen molar-refractivity contribution in [1.82, 2.24) is 9.97 Å². The molecule has 3 aromatic rings. The fraction of sp³-hybridized carbons (Fsp3) is 0.300. The van der Waals surface area contributed by atoms with E-state index in [1.54, 1.807) is 19.1 Å². The van der Waals surface area contributed by atoms with Crippen LogP contribution in [0.5, 0.6) is 11.5 Å². The fourth-order valence-electron chi connectivity index (χ4n) is 2.87. The molecular formula is C20H22N4O5S. The highest BCUT2D eigenvalue weighted by atomic mass is 32.1. The highest BCUT2D eigenvalue weighted by Crippen LogP contribution is 2.34. The number of benzene rings is 1. The van der Waals surface area contributed by atoms with E-state index in [0.29, 0.717) is 40.2 Å². The number of carbonyl (C=O) groups is 2. The Labute approximate surface area is 177 Å². The maximum absolute atomic E-state index is 12.2. The molecular weight excluding hydrogens is 408 g/mol. The van der Waals surface area contributed by atoms with Crippen LogP contribution in [0.1, 0.15) is 27.7 Å². The number of primary amides is 1. The minimum Gasteiger partial charge on any atom is -0.493 e. The summed E-state index contributed by atoms with van der Waals surface area (Å²) in [6.07, 6.45) is 1.46. The van der Waals surface area contributed by atoms with Gasteiger partial charge in [0.2, 0.25) is 0 Å². The van der Waals surface area contributed by atoms with Crippen molar-refractivity contribution in [2.24, 2.45) is 5.73 Å². The maximum Gasteiger partial charge on any atom is 0.348 e. The van der Waals surface area contributed by atoms with Gasteiger partial charge in [0.15, 0.2) is 18.1 Å². The predicted octanol–water partition coefficient (Wildman–Crippen LogP) is 2.66. The van der Waals surface area contributed by atoms with E-state index < -0.39 is 5.91 Å². The van der Waals surface area contributed by atoms with Crippen LogP contribution in [0.25, 0.3) is 10.2 Å². The maximum atomic E-state index is 12.2. The van der Waals surface area contributed by atoms with Crippen molar-refractivity contribution < 1.29 is 23.8 Å². The van der Waals surface area contributed by atoms with Gasteiger partial charge in [0, 0.05) is 6.54 Å². The third-order valence-corrected chi connectivity index (χ3v) is 5.43. The number of nitrogens with two attached hydrogens (primary N) is 1. The van der Waals surface area contributed by atoms with Crippen LogP contribution in [0.4, 0.5) is 5.82 Å². The molecule has 2 heterocycles. The van der Waals surface area contributed by atoms with Crippen molar-refractivity contribution in [1.29, 1.82) is 0 Å². The molecule has 0 atom stereocenters. The first-order chi connectivity index (χ1) is 14.4. The molecule has 2 aromatic heterocycles. The highest BCUT2D eigenvalue weighted by Gasteiger charge is 2.20. The molecule has 0 spiro atoms. The number of methoxy groups -OCH3 is 1. The van der Waals surface area contributed by atoms with E-state index in [1.807, 2.05) is 13.0 Å². The molecule has 0 saturated heterocycles. The molecule has 10 heteroatoms. The molecule has 0 unspecified atom stereocenters. The standard InChI is InChI=1S/C20H22N4O5S/c1-4-28-20(26)17-11(2)16-18(23-10-24-19(16)30-17)22-8-12-5-6-13(14(7-12)27-3)29-9-15(21)25/h5-7,10H,4,8-9H2,1-3H3,(H2,21,25)(H,22,23,24). The quantitative estimate of drug-likeness (QED) is 0.496. The van der Waals surface area contributed by atoms with Gasteiger partial charge in [-0.1, -0.05) is 6.07 Å². The van der Waals surface area contributed by atoms with E-state index in [4.69, 9.17) is 19.9 Å². The van der Waals surface area contributed by atoms with E-state index in [1.165, 1.54) is 24.8 Å². The number of carbonyl (C=O) groups excluding carboxylic acids is 2. The van der Waals surface area contributed by atoms with Crippen molar-refractivity contribution in [3.05, 3.63) is 40.5 Å². The van der Waals surface area contributed by atoms with Crippen LogP contribution in [0.3, 0.4) is 0 Å². The van der Waals surface area contributed by atoms with Gasteiger partial charge in [-0.2, -0.15) is 0 Å². The van der Waals surface area contributed by atoms with E-state index in [2.05, 4.69) is 15.3 Å². The second-order valence-corrected chi connectivity index (χ2v) is 7.27. The summed E-state index contributed by atoms with van der Waals surface area (Å²) in [5.74, 6) is 0.610. The molecule has 0 radical (unpaired) electrons. The highest BCUT2D eigenvalue weighted by molar-refractivity contribution is 7.20. The average molecular weight is 430 g/mol. The first-order valence-electron chi connectivity index (χ1n) is 9.17. The SMILES string of the molecule is CCOC(=O)c1sc2ncnc(NCc3ccc(OCC(N)=O)c(OC)c3)c2c1C. The summed E-state index contributed by atoms with van der Waals surface area (Å²) in [7, 11) is 1.52. The second kappa shape index (κ2) is 9.40. The number of rotatable bonds is 9. The Balaban J connectivity index is 1.82. The zero-order chi connectivity index (χ0) is 21.7. The van der Waals surface area contributed by atoms with E-state index >= 15 is 0 Å².